The van der Waals surface area contributed by atoms with E-state index >= 15 is 0 Å². The lowest BCUT2D eigenvalue weighted by Gasteiger charge is -2.44. The van der Waals surface area contributed by atoms with Gasteiger partial charge in [-0.2, -0.15) is 0 Å². The van der Waals surface area contributed by atoms with Gasteiger partial charge in [-0.3, -0.25) is 29.4 Å². The average molecular weight is 710 g/mol. The van der Waals surface area contributed by atoms with Crippen molar-refractivity contribution >= 4 is 71.5 Å². The molecule has 11 heteroatoms. The number of rotatable bonds is 12. The van der Waals surface area contributed by atoms with Crippen LogP contribution in [0.3, 0.4) is 0 Å². The van der Waals surface area contributed by atoms with Gasteiger partial charge in [0.05, 0.1) is 11.0 Å². The van der Waals surface area contributed by atoms with Gasteiger partial charge in [-0.15, -0.1) is 0 Å². The van der Waals surface area contributed by atoms with E-state index in [1.165, 1.54) is 9.80 Å². The summed E-state index contributed by atoms with van der Waals surface area (Å²) in [4.78, 5) is 54.8. The molecular weight excluding hydrogens is 676 g/mol. The first-order chi connectivity index (χ1) is 20.8. The van der Waals surface area contributed by atoms with Gasteiger partial charge in [0.15, 0.2) is 0 Å². The van der Waals surface area contributed by atoms with Gasteiger partial charge in [0.25, 0.3) is 0 Å². The first-order valence-electron chi connectivity index (χ1n) is 14.4. The van der Waals surface area contributed by atoms with Crippen LogP contribution in [0.5, 0.6) is 0 Å². The Bertz CT molecular complexity index is 1560. The molecule has 2 aromatic carbocycles. The molecule has 0 aliphatic carbocycles. The molecule has 1 aliphatic heterocycles. The second-order valence-electron chi connectivity index (χ2n) is 10.9. The molecule has 1 fully saturated rings. The van der Waals surface area contributed by atoms with Crippen molar-refractivity contribution in [3.8, 4) is 0 Å². The van der Waals surface area contributed by atoms with E-state index in [2.05, 4.69) is 31.9 Å². The van der Waals surface area contributed by atoms with E-state index in [9.17, 15) is 14.4 Å². The van der Waals surface area contributed by atoms with Crippen LogP contribution in [-0.2, 0) is 22.4 Å². The first-order valence-corrected chi connectivity index (χ1v) is 16.0. The molecule has 9 nitrogen and oxygen atoms in total. The zero-order chi connectivity index (χ0) is 30.6. The van der Waals surface area contributed by atoms with Crippen molar-refractivity contribution < 1.29 is 14.4 Å². The predicted octanol–water partition coefficient (Wildman–Crippen LogP) is 5.35. The van der Waals surface area contributed by atoms with Gasteiger partial charge < -0.3 is 11.5 Å². The SMILES string of the molecule is NCCCCN1C(=O)N(CCCCN)C(=O)C(Cc2ccc3cc(Br)ccc3n2)(Cc2ccc3cc(Br)ccc3n2)C1=O. The minimum absolute atomic E-state index is 0.0186. The Morgan fingerprint density at radius 3 is 1.49 bits per heavy atom. The highest BCUT2D eigenvalue weighted by molar-refractivity contribution is 9.10. The number of benzene rings is 2. The molecule has 0 bridgehead atoms. The van der Waals surface area contributed by atoms with Gasteiger partial charge in [-0.25, -0.2) is 4.79 Å². The van der Waals surface area contributed by atoms with E-state index in [1.807, 2.05) is 60.7 Å². The fourth-order valence-corrected chi connectivity index (χ4v) is 6.37. The number of pyridine rings is 2. The summed E-state index contributed by atoms with van der Waals surface area (Å²) in [5, 5.41) is 1.86. The number of hydrogen-bond acceptors (Lipinski definition) is 7. The summed E-state index contributed by atoms with van der Waals surface area (Å²) in [5.74, 6) is -1.05. The lowest BCUT2D eigenvalue weighted by molar-refractivity contribution is -0.159. The molecule has 0 atom stereocenters. The number of barbiturate groups is 1. The molecule has 43 heavy (non-hydrogen) atoms. The molecule has 0 spiro atoms. The second kappa shape index (κ2) is 13.6. The quantitative estimate of drug-likeness (QED) is 0.150. The maximum absolute atomic E-state index is 14.5. The highest BCUT2D eigenvalue weighted by Gasteiger charge is 2.57. The summed E-state index contributed by atoms with van der Waals surface area (Å²) in [6, 6.07) is 18.5. The summed E-state index contributed by atoms with van der Waals surface area (Å²) >= 11 is 7.00. The van der Waals surface area contributed by atoms with Gasteiger partial charge in [0.2, 0.25) is 11.8 Å². The van der Waals surface area contributed by atoms with E-state index < -0.39 is 23.3 Å². The number of urea groups is 1. The van der Waals surface area contributed by atoms with Crippen LogP contribution in [-0.4, -0.2) is 63.8 Å². The Kier molecular flexibility index (Phi) is 9.85. The van der Waals surface area contributed by atoms with Crippen LogP contribution in [0.2, 0.25) is 0 Å². The number of carbonyl (C=O) groups is 3. The number of unbranched alkanes of at least 4 members (excludes halogenated alkanes) is 2. The molecule has 4 aromatic rings. The van der Waals surface area contributed by atoms with Crippen LogP contribution in [0.4, 0.5) is 4.79 Å². The standard InChI is InChI=1S/C32H34Br2N6O3/c33-23-7-11-27-21(17-23)5-9-25(37-27)19-32(20-26-10-6-22-18-24(34)8-12-28(22)38-26)29(41)39(15-3-1-13-35)31(43)40(30(32)42)16-4-2-14-36/h5-12,17-18H,1-4,13-16,19-20,35-36H2. The van der Waals surface area contributed by atoms with Gasteiger partial charge >= 0.3 is 6.03 Å². The van der Waals surface area contributed by atoms with Crippen molar-refractivity contribution in [1.29, 1.82) is 0 Å². The van der Waals surface area contributed by atoms with Crippen LogP contribution in [0, 0.1) is 5.41 Å². The number of nitrogens with two attached hydrogens (primary N) is 2. The topological polar surface area (TPSA) is 136 Å². The summed E-state index contributed by atoms with van der Waals surface area (Å²) in [5.41, 5.74) is 12.5. The van der Waals surface area contributed by atoms with Crippen molar-refractivity contribution in [2.45, 2.75) is 38.5 Å². The van der Waals surface area contributed by atoms with Gasteiger partial charge in [-0.1, -0.05) is 44.0 Å². The average Bonchev–Trinajstić information content (AvgIpc) is 3.00. The molecule has 0 unspecified atom stereocenters. The van der Waals surface area contributed by atoms with Crippen LogP contribution in [0.1, 0.15) is 37.1 Å². The fraction of sp³-hybridized carbons (Fsp3) is 0.344. The van der Waals surface area contributed by atoms with E-state index in [4.69, 9.17) is 21.4 Å². The Labute approximate surface area is 267 Å². The molecule has 4 N–H and O–H groups in total. The fourth-order valence-electron chi connectivity index (χ4n) is 5.61. The van der Waals surface area contributed by atoms with Gasteiger partial charge in [0.1, 0.15) is 5.41 Å². The van der Waals surface area contributed by atoms with E-state index in [0.29, 0.717) is 50.2 Å². The van der Waals surface area contributed by atoms with Crippen LogP contribution < -0.4 is 11.5 Å². The molecule has 3 heterocycles. The second-order valence-corrected chi connectivity index (χ2v) is 12.7. The molecule has 224 valence electrons. The number of nitrogens with zero attached hydrogens (tertiary/aromatic N) is 4. The number of aromatic nitrogens is 2. The lowest BCUT2D eigenvalue weighted by Crippen LogP contribution is -2.66. The monoisotopic (exact) mass is 708 g/mol. The number of imide groups is 2. The van der Waals surface area contributed by atoms with Crippen molar-refractivity contribution in [3.05, 3.63) is 81.0 Å². The minimum Gasteiger partial charge on any atom is -0.330 e. The van der Waals surface area contributed by atoms with Crippen molar-refractivity contribution in [2.75, 3.05) is 26.2 Å². The molecule has 0 saturated carbocycles. The number of halogens is 2. The third kappa shape index (κ3) is 6.64. The number of fused-ring (bicyclic) bond motifs is 2. The zero-order valence-corrected chi connectivity index (χ0v) is 26.9. The molecule has 1 aliphatic rings. The zero-order valence-electron chi connectivity index (χ0n) is 23.8. The third-order valence-corrected chi connectivity index (χ3v) is 8.81. The molecule has 4 amide bonds. The summed E-state index contributed by atoms with van der Waals surface area (Å²) in [7, 11) is 0. The van der Waals surface area contributed by atoms with Crippen LogP contribution >= 0.6 is 31.9 Å². The number of carbonyl (C=O) groups excluding carboxylic acids is 3. The maximum atomic E-state index is 14.5. The summed E-state index contributed by atoms with van der Waals surface area (Å²) in [6.45, 7) is 1.23. The molecule has 0 radical (unpaired) electrons. The molecular formula is C32H34Br2N6O3. The van der Waals surface area contributed by atoms with Crippen LogP contribution in [0.25, 0.3) is 21.8 Å². The molecule has 1 saturated heterocycles. The van der Waals surface area contributed by atoms with E-state index in [1.54, 1.807) is 0 Å². The molecule has 5 rings (SSSR count). The van der Waals surface area contributed by atoms with Gasteiger partial charge in [0, 0.05) is 57.0 Å². The summed E-state index contributed by atoms with van der Waals surface area (Å²) in [6.07, 6.45) is 2.42. The molecule has 2 aromatic heterocycles. The lowest BCUT2D eigenvalue weighted by atomic mass is 9.74. The largest absolute Gasteiger partial charge is 0.333 e. The Balaban J connectivity index is 1.62. The highest BCUT2D eigenvalue weighted by Crippen LogP contribution is 2.37. The Hall–Kier alpha value is -3.25. The van der Waals surface area contributed by atoms with Gasteiger partial charge in [-0.05, 0) is 87.3 Å². The highest BCUT2D eigenvalue weighted by atomic mass is 79.9. The predicted molar refractivity (Wildman–Crippen MR) is 174 cm³/mol. The van der Waals surface area contributed by atoms with E-state index in [0.717, 1.165) is 30.8 Å². The first kappa shape index (κ1) is 31.2. The number of hydrogen-bond donors (Lipinski definition) is 2. The minimum atomic E-state index is -1.62. The van der Waals surface area contributed by atoms with Crippen molar-refractivity contribution in [3.63, 3.8) is 0 Å². The normalized spacial score (nSPS) is 15.2. The summed E-state index contributed by atoms with van der Waals surface area (Å²) < 4.78 is 1.86. The number of amides is 4. The Morgan fingerprint density at radius 1 is 0.628 bits per heavy atom. The smallest absolute Gasteiger partial charge is 0.330 e. The van der Waals surface area contributed by atoms with E-state index in [-0.39, 0.29) is 25.9 Å². The van der Waals surface area contributed by atoms with Crippen molar-refractivity contribution in [2.24, 2.45) is 16.9 Å². The van der Waals surface area contributed by atoms with Crippen molar-refractivity contribution in [1.82, 2.24) is 19.8 Å². The van der Waals surface area contributed by atoms with Crippen LogP contribution in [0.15, 0.2) is 69.6 Å². The Morgan fingerprint density at radius 2 is 1.07 bits per heavy atom. The maximum Gasteiger partial charge on any atom is 0.333 e. The third-order valence-electron chi connectivity index (χ3n) is 7.83.